The molecule has 0 atom stereocenters. The van der Waals surface area contributed by atoms with Gasteiger partial charge >= 0.3 is 0 Å². The minimum absolute atomic E-state index is 0.0711. The van der Waals surface area contributed by atoms with E-state index in [1.807, 2.05) is 0 Å². The largest absolute Gasteiger partial charge is 0.456 e. The fourth-order valence-electron chi connectivity index (χ4n) is 11.2. The Bertz CT molecular complexity index is 3570. The maximum absolute atomic E-state index is 6.99. The van der Waals surface area contributed by atoms with E-state index in [-0.39, 0.29) is 10.8 Å². The summed E-state index contributed by atoms with van der Waals surface area (Å²) in [6.07, 6.45) is 0. The van der Waals surface area contributed by atoms with Gasteiger partial charge in [-0.2, -0.15) is 0 Å². The van der Waals surface area contributed by atoms with Crippen molar-refractivity contribution in [3.05, 3.63) is 180 Å². The van der Waals surface area contributed by atoms with Gasteiger partial charge in [0.2, 0.25) is 0 Å². The molecular weight excluding hydrogens is 705 g/mol. The third-order valence-electron chi connectivity index (χ3n) is 13.9. The number of rotatable bonds is 2. The van der Waals surface area contributed by atoms with Gasteiger partial charge in [0.25, 0.3) is 0 Å². The Labute approximate surface area is 336 Å². The molecule has 2 nitrogen and oxygen atoms in total. The van der Waals surface area contributed by atoms with Crippen molar-refractivity contribution in [1.82, 2.24) is 0 Å². The lowest BCUT2D eigenvalue weighted by Gasteiger charge is -2.21. The molecule has 2 aliphatic carbocycles. The van der Waals surface area contributed by atoms with Crippen LogP contribution in [-0.2, 0) is 10.8 Å². The molecule has 2 aromatic heterocycles. The summed E-state index contributed by atoms with van der Waals surface area (Å²) in [6, 6.07) is 58.0. The average Bonchev–Trinajstić information content (AvgIpc) is 3.95. The number of hydrogen-bond donors (Lipinski definition) is 0. The zero-order chi connectivity index (χ0) is 38.7. The van der Waals surface area contributed by atoms with E-state index in [1.165, 1.54) is 88.0 Å². The van der Waals surface area contributed by atoms with E-state index in [9.17, 15) is 0 Å². The van der Waals surface area contributed by atoms with Crippen LogP contribution in [0.25, 0.3) is 110 Å². The Morgan fingerprint density at radius 1 is 0.328 bits per heavy atom. The van der Waals surface area contributed by atoms with Crippen molar-refractivity contribution in [2.45, 2.75) is 38.5 Å². The van der Waals surface area contributed by atoms with E-state index in [4.69, 9.17) is 8.83 Å². The van der Waals surface area contributed by atoms with Gasteiger partial charge in [0.1, 0.15) is 22.3 Å². The molecule has 0 spiro atoms. The first kappa shape index (κ1) is 32.2. The monoisotopic (exact) mass is 742 g/mol. The van der Waals surface area contributed by atoms with Gasteiger partial charge in [-0.25, -0.2) is 0 Å². The zero-order valence-electron chi connectivity index (χ0n) is 32.8. The standard InChI is InChI=1S/C56H38O2/c1-55(2)41-22-11-9-18-36(41)50-43(55)26-28-45-52(50)38-25-24-31(30-47(38)57-45)48-32-14-5-7-16-34(32)49(35-17-8-6-15-33(35)48)39-20-13-21-40-53-46(58-54(39)40)29-27-44-51(53)37-19-10-12-23-42(37)56(44,3)4/h5-30H,1-4H3. The molecule has 274 valence electrons. The second kappa shape index (κ2) is 10.9. The molecule has 11 aromatic rings. The quantitative estimate of drug-likeness (QED) is 0.165. The van der Waals surface area contributed by atoms with Crippen LogP contribution in [-0.4, -0.2) is 0 Å². The number of fused-ring (bicyclic) bond motifs is 16. The molecule has 0 saturated carbocycles. The molecule has 2 aliphatic rings. The summed E-state index contributed by atoms with van der Waals surface area (Å²) in [4.78, 5) is 0. The van der Waals surface area contributed by atoms with Gasteiger partial charge in [-0.05, 0) is 101 Å². The number of para-hydroxylation sites is 1. The maximum Gasteiger partial charge on any atom is 0.143 e. The van der Waals surface area contributed by atoms with E-state index in [0.29, 0.717) is 0 Å². The number of benzene rings is 9. The molecule has 9 aromatic carbocycles. The van der Waals surface area contributed by atoms with Gasteiger partial charge < -0.3 is 8.83 Å². The predicted molar refractivity (Wildman–Crippen MR) is 242 cm³/mol. The lowest BCUT2D eigenvalue weighted by Crippen LogP contribution is -2.14. The third-order valence-corrected chi connectivity index (χ3v) is 13.9. The van der Waals surface area contributed by atoms with Crippen molar-refractivity contribution in [2.75, 3.05) is 0 Å². The molecule has 0 saturated heterocycles. The van der Waals surface area contributed by atoms with Gasteiger partial charge in [-0.3, -0.25) is 0 Å². The number of furan rings is 2. The van der Waals surface area contributed by atoms with Gasteiger partial charge in [-0.1, -0.05) is 161 Å². The van der Waals surface area contributed by atoms with Gasteiger partial charge in [0, 0.05) is 43.5 Å². The molecular formula is C56H38O2. The molecule has 0 aliphatic heterocycles. The summed E-state index contributed by atoms with van der Waals surface area (Å²) in [7, 11) is 0. The molecule has 0 radical (unpaired) electrons. The summed E-state index contributed by atoms with van der Waals surface area (Å²) in [6.45, 7) is 9.36. The third kappa shape index (κ3) is 3.93. The van der Waals surface area contributed by atoms with Crippen molar-refractivity contribution in [3.8, 4) is 44.5 Å². The van der Waals surface area contributed by atoms with E-state index >= 15 is 0 Å². The summed E-state index contributed by atoms with van der Waals surface area (Å²) < 4.78 is 13.8. The molecule has 58 heavy (non-hydrogen) atoms. The second-order valence-electron chi connectivity index (χ2n) is 17.5. The highest BCUT2D eigenvalue weighted by Gasteiger charge is 2.38. The highest BCUT2D eigenvalue weighted by molar-refractivity contribution is 6.26. The lowest BCUT2D eigenvalue weighted by molar-refractivity contribution is 0.656. The topological polar surface area (TPSA) is 26.3 Å². The molecule has 0 fully saturated rings. The van der Waals surface area contributed by atoms with Gasteiger partial charge in [-0.15, -0.1) is 0 Å². The fourth-order valence-corrected chi connectivity index (χ4v) is 11.2. The number of hydrogen-bond acceptors (Lipinski definition) is 2. The normalized spacial score (nSPS) is 14.8. The molecule has 2 heteroatoms. The van der Waals surface area contributed by atoms with Crippen molar-refractivity contribution < 1.29 is 8.83 Å². The summed E-state index contributed by atoms with van der Waals surface area (Å²) in [5.74, 6) is 0. The predicted octanol–water partition coefficient (Wildman–Crippen LogP) is 15.7. The summed E-state index contributed by atoms with van der Waals surface area (Å²) in [5, 5.41) is 9.52. The maximum atomic E-state index is 6.99. The molecule has 13 rings (SSSR count). The van der Waals surface area contributed by atoms with Crippen LogP contribution < -0.4 is 0 Å². The van der Waals surface area contributed by atoms with Gasteiger partial charge in [0.05, 0.1) is 0 Å². The van der Waals surface area contributed by atoms with Crippen molar-refractivity contribution in [3.63, 3.8) is 0 Å². The average molecular weight is 743 g/mol. The van der Waals surface area contributed by atoms with E-state index < -0.39 is 0 Å². The first-order valence-corrected chi connectivity index (χ1v) is 20.4. The van der Waals surface area contributed by atoms with Crippen LogP contribution in [0.5, 0.6) is 0 Å². The van der Waals surface area contributed by atoms with E-state index in [0.717, 1.165) is 44.2 Å². The molecule has 0 amide bonds. The molecule has 0 unspecified atom stereocenters. The second-order valence-corrected chi connectivity index (χ2v) is 17.5. The van der Waals surface area contributed by atoms with E-state index in [1.54, 1.807) is 0 Å². The van der Waals surface area contributed by atoms with Crippen molar-refractivity contribution in [1.29, 1.82) is 0 Å². The van der Waals surface area contributed by atoms with Crippen molar-refractivity contribution >= 4 is 65.4 Å². The van der Waals surface area contributed by atoms with Crippen LogP contribution in [0.4, 0.5) is 0 Å². The van der Waals surface area contributed by atoms with Crippen LogP contribution in [0.15, 0.2) is 167 Å². The zero-order valence-corrected chi connectivity index (χ0v) is 32.8. The summed E-state index contributed by atoms with van der Waals surface area (Å²) >= 11 is 0. The van der Waals surface area contributed by atoms with Crippen molar-refractivity contribution in [2.24, 2.45) is 0 Å². The van der Waals surface area contributed by atoms with Crippen LogP contribution in [0.3, 0.4) is 0 Å². The van der Waals surface area contributed by atoms with Crippen LogP contribution in [0.2, 0.25) is 0 Å². The Kier molecular flexibility index (Phi) is 6.07. The molecule has 0 N–H and O–H groups in total. The highest BCUT2D eigenvalue weighted by Crippen LogP contribution is 2.56. The van der Waals surface area contributed by atoms with Crippen LogP contribution in [0, 0.1) is 0 Å². The summed E-state index contributed by atoms with van der Waals surface area (Å²) in [5.41, 5.74) is 18.9. The first-order chi connectivity index (χ1) is 28.3. The molecule has 2 heterocycles. The Morgan fingerprint density at radius 2 is 0.810 bits per heavy atom. The minimum atomic E-state index is -0.0860. The Morgan fingerprint density at radius 3 is 1.41 bits per heavy atom. The van der Waals surface area contributed by atoms with Crippen LogP contribution >= 0.6 is 0 Å². The lowest BCUT2D eigenvalue weighted by atomic mass is 9.82. The van der Waals surface area contributed by atoms with Gasteiger partial charge in [0.15, 0.2) is 0 Å². The molecule has 0 bridgehead atoms. The van der Waals surface area contributed by atoms with Crippen LogP contribution in [0.1, 0.15) is 49.9 Å². The minimum Gasteiger partial charge on any atom is -0.456 e. The smallest absolute Gasteiger partial charge is 0.143 e. The fraction of sp³-hybridized carbons (Fsp3) is 0.107. The Hall–Kier alpha value is -6.90. The van der Waals surface area contributed by atoms with E-state index in [2.05, 4.69) is 185 Å². The Balaban J connectivity index is 1.06. The SMILES string of the molecule is CC1(C)c2ccccc2-c2c1ccc1oc3cc(-c4c5ccccc5c(-c5cccc6c5oc5ccc7c(c56)-c5ccccc5C7(C)C)c5ccccc45)ccc3c21. The first-order valence-electron chi connectivity index (χ1n) is 20.4. The highest BCUT2D eigenvalue weighted by atomic mass is 16.3.